The van der Waals surface area contributed by atoms with Gasteiger partial charge in [0, 0.05) is 38.6 Å². The van der Waals surface area contributed by atoms with E-state index in [9.17, 15) is 0 Å². The summed E-state index contributed by atoms with van der Waals surface area (Å²) in [6.45, 7) is 8.20. The average Bonchev–Trinajstić information content (AvgIpc) is 2.77. The number of H-pyrrole nitrogens is 1. The third kappa shape index (κ3) is 3.65. The fourth-order valence-corrected chi connectivity index (χ4v) is 2.43. The summed E-state index contributed by atoms with van der Waals surface area (Å²) >= 11 is 0. The molecule has 1 aliphatic heterocycles. The molecule has 3 nitrogen and oxygen atoms in total. The van der Waals surface area contributed by atoms with Crippen LogP contribution in [-0.2, 0) is 6.54 Å². The van der Waals surface area contributed by atoms with Crippen molar-refractivity contribution in [3.63, 3.8) is 0 Å². The molecule has 1 saturated heterocycles. The zero-order valence-corrected chi connectivity index (χ0v) is 10.2. The minimum atomic E-state index is 0.887. The van der Waals surface area contributed by atoms with Gasteiger partial charge in [-0.15, -0.1) is 0 Å². The van der Waals surface area contributed by atoms with E-state index in [1.165, 1.54) is 38.0 Å². The third-order valence-corrected chi connectivity index (χ3v) is 3.34. The molecule has 0 radical (unpaired) electrons. The summed E-state index contributed by atoms with van der Waals surface area (Å²) in [5, 5.41) is 3.49. The van der Waals surface area contributed by atoms with Gasteiger partial charge in [-0.25, -0.2) is 0 Å². The number of hydrogen-bond acceptors (Lipinski definition) is 2. The highest BCUT2D eigenvalue weighted by Gasteiger charge is 2.14. The second kappa shape index (κ2) is 6.06. The normalized spacial score (nSPS) is 22.4. The Morgan fingerprint density at radius 2 is 2.50 bits per heavy atom. The van der Waals surface area contributed by atoms with E-state index in [1.807, 2.05) is 6.20 Å². The molecule has 1 aromatic heterocycles. The number of nitrogens with zero attached hydrogens (tertiary/aromatic N) is 1. The number of hydrogen-bond donors (Lipinski definition) is 2. The van der Waals surface area contributed by atoms with Gasteiger partial charge in [0.15, 0.2) is 0 Å². The molecule has 1 unspecified atom stereocenters. The maximum Gasteiger partial charge on any atom is 0.0220 e. The van der Waals surface area contributed by atoms with E-state index in [2.05, 4.69) is 34.4 Å². The van der Waals surface area contributed by atoms with Gasteiger partial charge in [-0.3, -0.25) is 0 Å². The van der Waals surface area contributed by atoms with Gasteiger partial charge in [0.25, 0.3) is 0 Å². The van der Waals surface area contributed by atoms with E-state index >= 15 is 0 Å². The highest BCUT2D eigenvalue weighted by Crippen LogP contribution is 2.14. The fourth-order valence-electron chi connectivity index (χ4n) is 2.43. The van der Waals surface area contributed by atoms with Gasteiger partial charge in [-0.1, -0.05) is 6.92 Å². The monoisotopic (exact) mass is 221 g/mol. The number of aromatic amines is 1. The predicted octanol–water partition coefficient (Wildman–Crippen LogP) is 1.84. The molecule has 16 heavy (non-hydrogen) atoms. The molecule has 0 spiro atoms. The van der Waals surface area contributed by atoms with E-state index in [0.717, 1.165) is 19.0 Å². The lowest BCUT2D eigenvalue weighted by atomic mass is 10.0. The average molecular weight is 221 g/mol. The molecular weight excluding hydrogens is 198 g/mol. The summed E-state index contributed by atoms with van der Waals surface area (Å²) in [5.74, 6) is 0.887. The lowest BCUT2D eigenvalue weighted by molar-refractivity contribution is 0.184. The highest BCUT2D eigenvalue weighted by atomic mass is 15.1. The third-order valence-electron chi connectivity index (χ3n) is 3.34. The second-order valence-corrected chi connectivity index (χ2v) is 4.94. The largest absolute Gasteiger partial charge is 0.367 e. The highest BCUT2D eigenvalue weighted by molar-refractivity contribution is 5.07. The number of rotatable bonds is 5. The van der Waals surface area contributed by atoms with Crippen LogP contribution in [0, 0.1) is 5.92 Å². The summed E-state index contributed by atoms with van der Waals surface area (Å²) in [7, 11) is 0. The Bertz CT molecular complexity index is 281. The van der Waals surface area contributed by atoms with Gasteiger partial charge in [0.05, 0.1) is 0 Å². The van der Waals surface area contributed by atoms with E-state index in [1.54, 1.807) is 0 Å². The molecule has 1 aliphatic rings. The standard InChI is InChI=1S/C13H23N3/c1-12-3-2-7-16(11-12)8-6-15-10-13-4-5-14-9-13/h4-5,9,12,14-15H,2-3,6-8,10-11H2,1H3. The Kier molecular flexibility index (Phi) is 4.43. The van der Waals surface area contributed by atoms with Crippen LogP contribution in [0.25, 0.3) is 0 Å². The van der Waals surface area contributed by atoms with E-state index in [-0.39, 0.29) is 0 Å². The molecule has 0 saturated carbocycles. The quantitative estimate of drug-likeness (QED) is 0.743. The smallest absolute Gasteiger partial charge is 0.0220 e. The van der Waals surface area contributed by atoms with Crippen LogP contribution in [0.5, 0.6) is 0 Å². The minimum Gasteiger partial charge on any atom is -0.367 e. The van der Waals surface area contributed by atoms with Crippen molar-refractivity contribution in [2.75, 3.05) is 26.2 Å². The van der Waals surface area contributed by atoms with Crippen LogP contribution < -0.4 is 5.32 Å². The van der Waals surface area contributed by atoms with Crippen molar-refractivity contribution in [1.82, 2.24) is 15.2 Å². The summed E-state index contributed by atoms with van der Waals surface area (Å²) < 4.78 is 0. The fraction of sp³-hybridized carbons (Fsp3) is 0.692. The first-order chi connectivity index (χ1) is 7.84. The number of aromatic nitrogens is 1. The van der Waals surface area contributed by atoms with E-state index in [0.29, 0.717) is 0 Å². The summed E-state index contributed by atoms with van der Waals surface area (Å²) in [6, 6.07) is 2.12. The maximum atomic E-state index is 3.49. The Labute approximate surface area is 98.2 Å². The molecule has 1 aromatic rings. The van der Waals surface area contributed by atoms with Crippen molar-refractivity contribution in [2.24, 2.45) is 5.92 Å². The summed E-state index contributed by atoms with van der Waals surface area (Å²) in [5.41, 5.74) is 1.34. The minimum absolute atomic E-state index is 0.887. The second-order valence-electron chi connectivity index (χ2n) is 4.94. The van der Waals surface area contributed by atoms with Gasteiger partial charge < -0.3 is 15.2 Å². The first-order valence-electron chi connectivity index (χ1n) is 6.39. The SMILES string of the molecule is CC1CCCN(CCNCc2cc[nH]c2)C1. The number of likely N-dealkylation sites (tertiary alicyclic amines) is 1. The van der Waals surface area contributed by atoms with Crippen molar-refractivity contribution in [2.45, 2.75) is 26.3 Å². The van der Waals surface area contributed by atoms with Crippen molar-refractivity contribution >= 4 is 0 Å². The molecule has 2 rings (SSSR count). The van der Waals surface area contributed by atoms with Crippen LogP contribution in [-0.4, -0.2) is 36.1 Å². The Morgan fingerprint density at radius 1 is 1.56 bits per heavy atom. The first-order valence-corrected chi connectivity index (χ1v) is 6.39. The zero-order valence-electron chi connectivity index (χ0n) is 10.2. The van der Waals surface area contributed by atoms with Gasteiger partial charge in [0.1, 0.15) is 0 Å². The lowest BCUT2D eigenvalue weighted by Gasteiger charge is -2.30. The van der Waals surface area contributed by atoms with E-state index in [4.69, 9.17) is 0 Å². The molecule has 2 N–H and O–H groups in total. The molecule has 0 aliphatic carbocycles. The molecule has 3 heteroatoms. The van der Waals surface area contributed by atoms with Crippen LogP contribution in [0.4, 0.5) is 0 Å². The van der Waals surface area contributed by atoms with Crippen LogP contribution in [0.3, 0.4) is 0 Å². The Balaban J connectivity index is 1.57. The van der Waals surface area contributed by atoms with Crippen LogP contribution >= 0.6 is 0 Å². The van der Waals surface area contributed by atoms with Crippen LogP contribution in [0.15, 0.2) is 18.5 Å². The van der Waals surface area contributed by atoms with Crippen molar-refractivity contribution < 1.29 is 0 Å². The van der Waals surface area contributed by atoms with Crippen LogP contribution in [0.2, 0.25) is 0 Å². The van der Waals surface area contributed by atoms with Crippen molar-refractivity contribution in [3.8, 4) is 0 Å². The molecule has 90 valence electrons. The van der Waals surface area contributed by atoms with E-state index < -0.39 is 0 Å². The molecule has 1 atom stereocenters. The van der Waals surface area contributed by atoms with Gasteiger partial charge >= 0.3 is 0 Å². The van der Waals surface area contributed by atoms with Crippen molar-refractivity contribution in [1.29, 1.82) is 0 Å². The Hall–Kier alpha value is -0.800. The predicted molar refractivity (Wildman–Crippen MR) is 67.3 cm³/mol. The molecule has 2 heterocycles. The molecular formula is C13H23N3. The molecule has 0 bridgehead atoms. The van der Waals surface area contributed by atoms with Crippen LogP contribution in [0.1, 0.15) is 25.3 Å². The molecule has 0 aromatic carbocycles. The first kappa shape index (κ1) is 11.7. The maximum absolute atomic E-state index is 3.49. The van der Waals surface area contributed by atoms with Gasteiger partial charge in [-0.05, 0) is 36.9 Å². The lowest BCUT2D eigenvalue weighted by Crippen LogP contribution is -2.38. The zero-order chi connectivity index (χ0) is 11.2. The number of piperidine rings is 1. The Morgan fingerprint density at radius 3 is 3.25 bits per heavy atom. The molecule has 0 amide bonds. The topological polar surface area (TPSA) is 31.1 Å². The summed E-state index contributed by atoms with van der Waals surface area (Å²) in [6.07, 6.45) is 6.81. The van der Waals surface area contributed by atoms with Gasteiger partial charge in [0.2, 0.25) is 0 Å². The number of nitrogens with one attached hydrogen (secondary N) is 2. The summed E-state index contributed by atoms with van der Waals surface area (Å²) in [4.78, 5) is 5.66. The van der Waals surface area contributed by atoms with Gasteiger partial charge in [-0.2, -0.15) is 0 Å². The molecule has 1 fully saturated rings. The van der Waals surface area contributed by atoms with Crippen molar-refractivity contribution in [3.05, 3.63) is 24.0 Å².